The van der Waals surface area contributed by atoms with Gasteiger partial charge in [0.05, 0.1) is 5.25 Å². The SMILES string of the molecule is CCC(Sc1cccc(NC(=O)/C(=C\c2ccc(N(C)C)cc2)NC(=O)c2ccccc2)c1)C(=O)Nc1nccs1. The summed E-state index contributed by atoms with van der Waals surface area (Å²) < 4.78 is 0. The molecule has 1 unspecified atom stereocenters. The van der Waals surface area contributed by atoms with Crippen LogP contribution in [0.5, 0.6) is 0 Å². The fourth-order valence-corrected chi connectivity index (χ4v) is 5.33. The molecule has 3 aromatic carbocycles. The third-order valence-corrected chi connectivity index (χ3v) is 7.99. The van der Waals surface area contributed by atoms with Crippen LogP contribution in [0.4, 0.5) is 16.5 Å². The Kier molecular flexibility index (Phi) is 10.3. The zero-order valence-electron chi connectivity index (χ0n) is 23.0. The third-order valence-electron chi connectivity index (χ3n) is 5.95. The molecule has 0 saturated carbocycles. The highest BCUT2D eigenvalue weighted by molar-refractivity contribution is 8.00. The molecule has 4 aromatic rings. The van der Waals surface area contributed by atoms with Crippen LogP contribution in [0.25, 0.3) is 6.08 Å². The van der Waals surface area contributed by atoms with E-state index in [4.69, 9.17) is 0 Å². The summed E-state index contributed by atoms with van der Waals surface area (Å²) in [4.78, 5) is 46.1. The number of rotatable bonds is 11. The Morgan fingerprint density at radius 1 is 0.976 bits per heavy atom. The van der Waals surface area contributed by atoms with Gasteiger partial charge in [-0.3, -0.25) is 14.4 Å². The topological polar surface area (TPSA) is 103 Å². The summed E-state index contributed by atoms with van der Waals surface area (Å²) in [5.74, 6) is -0.990. The van der Waals surface area contributed by atoms with Gasteiger partial charge in [0, 0.05) is 47.5 Å². The molecule has 3 amide bonds. The molecule has 1 heterocycles. The minimum Gasteiger partial charge on any atom is -0.378 e. The van der Waals surface area contributed by atoms with Crippen LogP contribution in [-0.4, -0.2) is 42.1 Å². The van der Waals surface area contributed by atoms with E-state index >= 15 is 0 Å². The molecule has 0 aliphatic heterocycles. The van der Waals surface area contributed by atoms with E-state index in [0.717, 1.165) is 16.1 Å². The minimum atomic E-state index is -0.471. The van der Waals surface area contributed by atoms with Crippen LogP contribution in [0.2, 0.25) is 0 Å². The molecule has 4 rings (SSSR count). The molecule has 3 N–H and O–H groups in total. The highest BCUT2D eigenvalue weighted by Gasteiger charge is 2.20. The number of amides is 3. The lowest BCUT2D eigenvalue weighted by molar-refractivity contribution is -0.116. The van der Waals surface area contributed by atoms with Gasteiger partial charge in [0.25, 0.3) is 11.8 Å². The number of hydrogen-bond donors (Lipinski definition) is 3. The van der Waals surface area contributed by atoms with Gasteiger partial charge in [-0.25, -0.2) is 4.98 Å². The molecular weight excluding hydrogens is 555 g/mol. The first kappa shape index (κ1) is 29.6. The van der Waals surface area contributed by atoms with Gasteiger partial charge in [0.2, 0.25) is 5.91 Å². The van der Waals surface area contributed by atoms with Crippen molar-refractivity contribution in [2.24, 2.45) is 0 Å². The van der Waals surface area contributed by atoms with Crippen molar-refractivity contribution < 1.29 is 14.4 Å². The third kappa shape index (κ3) is 8.54. The number of benzene rings is 3. The van der Waals surface area contributed by atoms with E-state index in [1.54, 1.807) is 48.0 Å². The van der Waals surface area contributed by atoms with Crippen molar-refractivity contribution in [1.29, 1.82) is 0 Å². The summed E-state index contributed by atoms with van der Waals surface area (Å²) in [5.41, 5.74) is 2.85. The Balaban J connectivity index is 1.52. The van der Waals surface area contributed by atoms with E-state index in [1.165, 1.54) is 23.1 Å². The van der Waals surface area contributed by atoms with Crippen molar-refractivity contribution in [3.63, 3.8) is 0 Å². The van der Waals surface area contributed by atoms with Crippen LogP contribution in [0, 0.1) is 0 Å². The van der Waals surface area contributed by atoms with Crippen molar-refractivity contribution in [3.05, 3.63) is 107 Å². The van der Waals surface area contributed by atoms with Gasteiger partial charge in [-0.2, -0.15) is 0 Å². The first-order chi connectivity index (χ1) is 19.8. The predicted molar refractivity (Wildman–Crippen MR) is 168 cm³/mol. The van der Waals surface area contributed by atoms with E-state index in [1.807, 2.05) is 74.4 Å². The van der Waals surface area contributed by atoms with Crippen LogP contribution in [0.1, 0.15) is 29.3 Å². The molecule has 41 heavy (non-hydrogen) atoms. The first-order valence-electron chi connectivity index (χ1n) is 13.0. The van der Waals surface area contributed by atoms with Gasteiger partial charge in [-0.05, 0) is 60.5 Å². The normalized spacial score (nSPS) is 11.8. The van der Waals surface area contributed by atoms with Crippen molar-refractivity contribution >= 4 is 63.4 Å². The zero-order valence-corrected chi connectivity index (χ0v) is 24.6. The van der Waals surface area contributed by atoms with Crippen molar-refractivity contribution in [2.75, 3.05) is 29.6 Å². The van der Waals surface area contributed by atoms with Crippen LogP contribution >= 0.6 is 23.1 Å². The number of thiazole rings is 1. The lowest BCUT2D eigenvalue weighted by Gasteiger charge is -2.15. The summed E-state index contributed by atoms with van der Waals surface area (Å²) in [6.45, 7) is 1.95. The fourth-order valence-electron chi connectivity index (χ4n) is 3.78. The summed E-state index contributed by atoms with van der Waals surface area (Å²) in [7, 11) is 3.90. The van der Waals surface area contributed by atoms with E-state index in [2.05, 4.69) is 20.9 Å². The molecule has 0 spiro atoms. The second-order valence-corrected chi connectivity index (χ2v) is 11.4. The molecule has 1 atom stereocenters. The molecule has 210 valence electrons. The number of nitrogens with zero attached hydrogens (tertiary/aromatic N) is 2. The molecule has 0 fully saturated rings. The van der Waals surface area contributed by atoms with Gasteiger partial charge < -0.3 is 20.9 Å². The predicted octanol–water partition coefficient (Wildman–Crippen LogP) is 6.13. The van der Waals surface area contributed by atoms with Crippen LogP contribution in [-0.2, 0) is 9.59 Å². The van der Waals surface area contributed by atoms with E-state index in [-0.39, 0.29) is 16.9 Å². The van der Waals surface area contributed by atoms with E-state index < -0.39 is 11.8 Å². The number of hydrogen-bond acceptors (Lipinski definition) is 7. The van der Waals surface area contributed by atoms with Crippen LogP contribution < -0.4 is 20.9 Å². The number of carbonyl (C=O) groups is 3. The maximum Gasteiger partial charge on any atom is 0.272 e. The summed E-state index contributed by atoms with van der Waals surface area (Å²) >= 11 is 2.77. The Bertz CT molecular complexity index is 1500. The van der Waals surface area contributed by atoms with E-state index in [9.17, 15) is 14.4 Å². The lowest BCUT2D eigenvalue weighted by Crippen LogP contribution is -2.30. The van der Waals surface area contributed by atoms with Crippen LogP contribution in [0.3, 0.4) is 0 Å². The Hall–Kier alpha value is -4.41. The molecule has 0 bridgehead atoms. The summed E-state index contributed by atoms with van der Waals surface area (Å²) in [6.07, 6.45) is 3.90. The number of aromatic nitrogens is 1. The first-order valence-corrected chi connectivity index (χ1v) is 14.7. The standard InChI is InChI=1S/C31H31N5O3S2/c1-4-27(30(39)35-31-32-17-18-40-31)41-25-12-8-11-23(20-25)33-29(38)26(34-28(37)22-9-6-5-7-10-22)19-21-13-15-24(16-14-21)36(2)3/h5-20,27H,4H2,1-3H3,(H,33,38)(H,34,37)(H,32,35,39)/b26-19+. The fraction of sp³-hybridized carbons (Fsp3) is 0.161. The average Bonchev–Trinajstić information content (AvgIpc) is 3.49. The lowest BCUT2D eigenvalue weighted by atomic mass is 10.1. The maximum absolute atomic E-state index is 13.5. The molecule has 8 nitrogen and oxygen atoms in total. The molecule has 0 saturated heterocycles. The molecule has 0 aliphatic carbocycles. The van der Waals surface area contributed by atoms with Crippen molar-refractivity contribution in [3.8, 4) is 0 Å². The second kappa shape index (κ2) is 14.3. The Morgan fingerprint density at radius 3 is 2.39 bits per heavy atom. The smallest absolute Gasteiger partial charge is 0.272 e. The highest BCUT2D eigenvalue weighted by atomic mass is 32.2. The average molecular weight is 586 g/mol. The van der Waals surface area contributed by atoms with Gasteiger partial charge >= 0.3 is 0 Å². The number of carbonyl (C=O) groups excluding carboxylic acids is 3. The Labute approximate surface area is 247 Å². The molecular formula is C31H31N5O3S2. The quantitative estimate of drug-likeness (QED) is 0.145. The van der Waals surface area contributed by atoms with E-state index in [0.29, 0.717) is 22.8 Å². The molecule has 10 heteroatoms. The largest absolute Gasteiger partial charge is 0.378 e. The zero-order chi connectivity index (χ0) is 29.2. The molecule has 1 aromatic heterocycles. The molecule has 0 radical (unpaired) electrons. The number of thioether (sulfide) groups is 1. The Morgan fingerprint density at radius 2 is 1.73 bits per heavy atom. The summed E-state index contributed by atoms with van der Waals surface area (Å²) in [6, 6.07) is 23.7. The van der Waals surface area contributed by atoms with Gasteiger partial charge in [-0.1, -0.05) is 43.3 Å². The van der Waals surface area contributed by atoms with Crippen LogP contribution in [0.15, 0.2) is 101 Å². The van der Waals surface area contributed by atoms with Crippen molar-refractivity contribution in [1.82, 2.24) is 10.3 Å². The highest BCUT2D eigenvalue weighted by Crippen LogP contribution is 2.29. The summed E-state index contributed by atoms with van der Waals surface area (Å²) in [5, 5.41) is 10.5. The molecule has 0 aliphatic rings. The monoisotopic (exact) mass is 585 g/mol. The second-order valence-electron chi connectivity index (χ2n) is 9.19. The number of anilines is 3. The van der Waals surface area contributed by atoms with Gasteiger partial charge in [0.15, 0.2) is 5.13 Å². The van der Waals surface area contributed by atoms with Crippen molar-refractivity contribution in [2.45, 2.75) is 23.5 Å². The maximum atomic E-state index is 13.5. The minimum absolute atomic E-state index is 0.101. The van der Waals surface area contributed by atoms with Gasteiger partial charge in [0.1, 0.15) is 5.70 Å². The number of nitrogens with one attached hydrogen (secondary N) is 3. The van der Waals surface area contributed by atoms with Gasteiger partial charge in [-0.15, -0.1) is 23.1 Å².